The molecule has 1 aliphatic rings. The average molecular weight is 573 g/mol. The lowest BCUT2D eigenvalue weighted by atomic mass is 9.99. The van der Waals surface area contributed by atoms with Gasteiger partial charge in [-0.3, -0.25) is 14.4 Å². The fourth-order valence-corrected chi connectivity index (χ4v) is 4.74. The van der Waals surface area contributed by atoms with Gasteiger partial charge >= 0.3 is 6.09 Å². The lowest BCUT2D eigenvalue weighted by Gasteiger charge is -2.35. The number of nitrogens with one attached hydrogen (secondary N) is 2. The Hall–Kier alpha value is -3.79. The Balaban J connectivity index is 2.09. The monoisotopic (exact) mass is 572 g/mol. The van der Waals surface area contributed by atoms with Crippen LogP contribution >= 0.6 is 11.6 Å². The quantitative estimate of drug-likeness (QED) is 0.351. The summed E-state index contributed by atoms with van der Waals surface area (Å²) in [6, 6.07) is 6.89. The number of benzene rings is 2. The summed E-state index contributed by atoms with van der Waals surface area (Å²) in [6.45, 7) is 10.4. The smallest absolute Gasteiger partial charge is 0.408 e. The number of nitrogens with zero attached hydrogens (tertiary/aromatic N) is 1. The number of aryl methyl sites for hydroxylation is 2. The number of anilines is 1. The third-order valence-electron chi connectivity index (χ3n) is 6.61. The van der Waals surface area contributed by atoms with E-state index in [0.29, 0.717) is 28.3 Å². The lowest BCUT2D eigenvalue weighted by molar-refractivity contribution is -0.142. The number of alkyl carbamates (subject to hydrolysis) is 1. The minimum absolute atomic E-state index is 0.0284. The highest BCUT2D eigenvalue weighted by molar-refractivity contribution is 6.34. The van der Waals surface area contributed by atoms with Crippen LogP contribution in [0.5, 0.6) is 5.75 Å². The number of hydrogen-bond donors (Lipinski definition) is 4. The van der Waals surface area contributed by atoms with Crippen LogP contribution in [-0.2, 0) is 19.1 Å². The van der Waals surface area contributed by atoms with Crippen molar-refractivity contribution in [3.05, 3.63) is 58.1 Å². The number of para-hydroxylation sites is 1. The second-order valence-corrected chi connectivity index (χ2v) is 11.7. The number of ether oxygens (including phenoxy) is 1. The van der Waals surface area contributed by atoms with E-state index < -0.39 is 47.9 Å². The largest absolute Gasteiger partial charge is 0.508 e. The molecule has 1 saturated carbocycles. The van der Waals surface area contributed by atoms with Crippen molar-refractivity contribution in [3.63, 3.8) is 0 Å². The molecule has 1 fully saturated rings. The van der Waals surface area contributed by atoms with Gasteiger partial charge in [0.2, 0.25) is 11.8 Å². The molecule has 0 saturated heterocycles. The molecule has 0 spiro atoms. The molecule has 3 rings (SSSR count). The summed E-state index contributed by atoms with van der Waals surface area (Å²) >= 11 is 6.39. The van der Waals surface area contributed by atoms with E-state index in [-0.39, 0.29) is 17.7 Å². The van der Waals surface area contributed by atoms with Gasteiger partial charge in [0.05, 0.1) is 17.1 Å². The Labute approximate surface area is 239 Å². The number of carbonyl (C=O) groups excluding carboxylic acids is 4. The van der Waals surface area contributed by atoms with Gasteiger partial charge in [-0.15, -0.1) is 0 Å². The number of halogens is 1. The number of nitrogens with two attached hydrogens (primary N) is 1. The molecule has 0 heterocycles. The number of carbonyl (C=O) groups is 4. The van der Waals surface area contributed by atoms with E-state index >= 15 is 0 Å². The maximum absolute atomic E-state index is 14.2. The first-order chi connectivity index (χ1) is 18.6. The molecule has 4 atom stereocenters. The average Bonchev–Trinajstić information content (AvgIpc) is 3.55. The van der Waals surface area contributed by atoms with Gasteiger partial charge in [0.25, 0.3) is 5.91 Å². The van der Waals surface area contributed by atoms with E-state index in [2.05, 4.69) is 10.6 Å². The summed E-state index contributed by atoms with van der Waals surface area (Å²) in [5, 5.41) is 15.8. The van der Waals surface area contributed by atoms with Gasteiger partial charge in [0.15, 0.2) is 0 Å². The summed E-state index contributed by atoms with van der Waals surface area (Å²) in [5.41, 5.74) is 6.64. The van der Waals surface area contributed by atoms with Crippen molar-refractivity contribution in [1.82, 2.24) is 10.2 Å². The van der Waals surface area contributed by atoms with Crippen molar-refractivity contribution in [2.24, 2.45) is 11.7 Å². The minimum atomic E-state index is -1.38. The molecule has 0 radical (unpaired) electrons. The lowest BCUT2D eigenvalue weighted by Crippen LogP contribution is -2.54. The van der Waals surface area contributed by atoms with Crippen LogP contribution in [0.1, 0.15) is 63.3 Å². The molecule has 2 aromatic rings. The molecule has 11 heteroatoms. The van der Waals surface area contributed by atoms with E-state index in [9.17, 15) is 24.3 Å². The van der Waals surface area contributed by atoms with Crippen molar-refractivity contribution in [2.45, 2.75) is 78.1 Å². The third-order valence-corrected chi connectivity index (χ3v) is 6.92. The standard InChI is InChI=1S/C29H37ClN4O6/c1-15-8-7-9-19(30)24(15)33-26(37)25(18-10-11-22(35)17(3)12-18)34(21-13-16(21)2)27(38)20(14-23(31)36)32-28(39)40-29(4,5)6/h7-12,16,20-21,25,35H,13-14H2,1-6H3,(H2,31,36)(H,32,39)(H,33,37). The number of phenols is 1. The van der Waals surface area contributed by atoms with E-state index in [4.69, 9.17) is 22.1 Å². The van der Waals surface area contributed by atoms with Gasteiger partial charge in [-0.05, 0) is 81.8 Å². The fraction of sp³-hybridized carbons (Fsp3) is 0.448. The van der Waals surface area contributed by atoms with Crippen LogP contribution in [0, 0.1) is 19.8 Å². The van der Waals surface area contributed by atoms with E-state index in [1.807, 2.05) is 6.92 Å². The van der Waals surface area contributed by atoms with Gasteiger partial charge in [-0.25, -0.2) is 4.79 Å². The van der Waals surface area contributed by atoms with E-state index in [1.165, 1.54) is 11.0 Å². The van der Waals surface area contributed by atoms with Gasteiger partial charge in [-0.1, -0.05) is 36.7 Å². The summed E-state index contributed by atoms with van der Waals surface area (Å²) < 4.78 is 5.31. The minimum Gasteiger partial charge on any atom is -0.508 e. The van der Waals surface area contributed by atoms with Crippen LogP contribution in [0.25, 0.3) is 0 Å². The topological polar surface area (TPSA) is 151 Å². The van der Waals surface area contributed by atoms with Crippen molar-refractivity contribution < 1.29 is 29.0 Å². The molecule has 1 aliphatic carbocycles. The zero-order valence-electron chi connectivity index (χ0n) is 23.6. The van der Waals surface area contributed by atoms with Gasteiger partial charge in [0, 0.05) is 6.04 Å². The number of rotatable bonds is 9. The summed E-state index contributed by atoms with van der Waals surface area (Å²) in [4.78, 5) is 54.2. The number of hydrogen-bond acceptors (Lipinski definition) is 6. The zero-order valence-corrected chi connectivity index (χ0v) is 24.3. The molecule has 0 aliphatic heterocycles. The van der Waals surface area contributed by atoms with Crippen LogP contribution in [-0.4, -0.2) is 51.5 Å². The molecule has 5 N–H and O–H groups in total. The Bertz CT molecular complexity index is 1290. The van der Waals surface area contributed by atoms with E-state index in [0.717, 1.165) is 5.56 Å². The molecule has 0 bridgehead atoms. The molecule has 4 amide bonds. The SMILES string of the molecule is Cc1cc(C(C(=O)Nc2c(C)cccc2Cl)N(C(=O)C(CC(N)=O)NC(=O)OC(C)(C)C)C2CC2C)ccc1O. The molecular weight excluding hydrogens is 536 g/mol. The van der Waals surface area contributed by atoms with Crippen LogP contribution in [0.2, 0.25) is 5.02 Å². The maximum Gasteiger partial charge on any atom is 0.408 e. The molecule has 0 aromatic heterocycles. The molecular formula is C29H37ClN4O6. The second kappa shape index (κ2) is 12.2. The summed E-state index contributed by atoms with van der Waals surface area (Å²) in [5.74, 6) is -1.95. The zero-order chi connectivity index (χ0) is 29.9. The Kier molecular flexibility index (Phi) is 9.35. The molecule has 10 nitrogen and oxygen atoms in total. The van der Waals surface area contributed by atoms with Crippen molar-refractivity contribution in [2.75, 3.05) is 5.32 Å². The summed E-state index contributed by atoms with van der Waals surface area (Å²) in [6.07, 6.45) is -0.792. The van der Waals surface area contributed by atoms with E-state index in [1.54, 1.807) is 65.0 Å². The van der Waals surface area contributed by atoms with Crippen LogP contribution < -0.4 is 16.4 Å². The highest BCUT2D eigenvalue weighted by Gasteiger charge is 2.48. The second-order valence-electron chi connectivity index (χ2n) is 11.3. The first kappa shape index (κ1) is 30.7. The Morgan fingerprint density at radius 1 is 1.15 bits per heavy atom. The predicted octanol–water partition coefficient (Wildman–Crippen LogP) is 4.35. The Morgan fingerprint density at radius 3 is 2.33 bits per heavy atom. The molecule has 216 valence electrons. The number of primary amides is 1. The molecule has 4 unspecified atom stereocenters. The summed E-state index contributed by atoms with van der Waals surface area (Å²) in [7, 11) is 0. The first-order valence-corrected chi connectivity index (χ1v) is 13.4. The predicted molar refractivity (Wildman–Crippen MR) is 152 cm³/mol. The van der Waals surface area contributed by atoms with Gasteiger partial charge in [-0.2, -0.15) is 0 Å². The number of aromatic hydroxyl groups is 1. The third kappa shape index (κ3) is 7.65. The highest BCUT2D eigenvalue weighted by Crippen LogP contribution is 2.42. The van der Waals surface area contributed by atoms with Gasteiger partial charge in [0.1, 0.15) is 23.4 Å². The normalized spacial score (nSPS) is 17.8. The van der Waals surface area contributed by atoms with Crippen LogP contribution in [0.3, 0.4) is 0 Å². The maximum atomic E-state index is 14.2. The van der Waals surface area contributed by atoms with Crippen molar-refractivity contribution in [1.29, 1.82) is 0 Å². The number of amides is 4. The number of phenolic OH excluding ortho intramolecular Hbond substituents is 1. The van der Waals surface area contributed by atoms with Crippen LogP contribution in [0.15, 0.2) is 36.4 Å². The highest BCUT2D eigenvalue weighted by atomic mass is 35.5. The van der Waals surface area contributed by atoms with Gasteiger partial charge < -0.3 is 31.1 Å². The molecule has 40 heavy (non-hydrogen) atoms. The van der Waals surface area contributed by atoms with Crippen molar-refractivity contribution >= 4 is 41.1 Å². The molecule has 2 aromatic carbocycles. The van der Waals surface area contributed by atoms with Crippen LogP contribution in [0.4, 0.5) is 10.5 Å². The van der Waals surface area contributed by atoms with Crippen molar-refractivity contribution in [3.8, 4) is 5.75 Å². The first-order valence-electron chi connectivity index (χ1n) is 13.0. The Morgan fingerprint density at radius 2 is 1.80 bits per heavy atom. The fourth-order valence-electron chi connectivity index (χ4n) is 4.47.